The Morgan fingerprint density at radius 3 is 2.68 bits per heavy atom. The second-order valence-electron chi connectivity index (χ2n) is 7.89. The monoisotopic (exact) mass is 362 g/mol. The summed E-state index contributed by atoms with van der Waals surface area (Å²) in [5.74, 6) is -0.166. The minimum Gasteiger partial charge on any atom is -0.381 e. The summed E-state index contributed by atoms with van der Waals surface area (Å²) in [6.45, 7) is 9.63. The van der Waals surface area contributed by atoms with Gasteiger partial charge in [0, 0.05) is 48.2 Å². The second-order valence-corrected chi connectivity index (χ2v) is 9.00. The molecule has 136 valence electrons. The predicted molar refractivity (Wildman–Crippen MR) is 101 cm³/mol. The van der Waals surface area contributed by atoms with Gasteiger partial charge in [-0.05, 0) is 30.5 Å². The Labute approximate surface area is 153 Å². The highest BCUT2D eigenvalue weighted by molar-refractivity contribution is 7.11. The van der Waals surface area contributed by atoms with Crippen molar-refractivity contribution in [2.24, 2.45) is 0 Å². The lowest BCUT2D eigenvalue weighted by Gasteiger charge is -2.38. The summed E-state index contributed by atoms with van der Waals surface area (Å²) < 4.78 is 19.3. The molecule has 0 atom stereocenters. The van der Waals surface area contributed by atoms with Crippen molar-refractivity contribution in [1.82, 2.24) is 10.3 Å². The molecule has 1 aliphatic heterocycles. The number of nitrogens with zero attached hydrogens (tertiary/aromatic N) is 1. The predicted octanol–water partition coefficient (Wildman–Crippen LogP) is 4.42. The number of thiazole rings is 1. The van der Waals surface area contributed by atoms with E-state index in [0.29, 0.717) is 0 Å². The van der Waals surface area contributed by atoms with Crippen LogP contribution in [0.3, 0.4) is 0 Å². The van der Waals surface area contributed by atoms with Crippen molar-refractivity contribution < 1.29 is 9.13 Å². The maximum absolute atomic E-state index is 13.7. The zero-order valence-electron chi connectivity index (χ0n) is 15.3. The molecule has 0 spiro atoms. The van der Waals surface area contributed by atoms with Crippen LogP contribution in [0.4, 0.5) is 4.39 Å². The van der Waals surface area contributed by atoms with E-state index in [1.807, 2.05) is 12.3 Å². The maximum Gasteiger partial charge on any atom is 0.123 e. The van der Waals surface area contributed by atoms with Gasteiger partial charge < -0.3 is 10.1 Å². The number of aromatic nitrogens is 1. The van der Waals surface area contributed by atoms with E-state index in [2.05, 4.69) is 31.1 Å². The zero-order chi connectivity index (χ0) is 17.9. The van der Waals surface area contributed by atoms with Gasteiger partial charge in [0.15, 0.2) is 0 Å². The van der Waals surface area contributed by atoms with Crippen molar-refractivity contribution in [3.8, 4) is 0 Å². The van der Waals surface area contributed by atoms with Gasteiger partial charge >= 0.3 is 0 Å². The lowest BCUT2D eigenvalue weighted by Crippen LogP contribution is -2.42. The molecule has 0 saturated carbocycles. The number of nitrogens with one attached hydrogen (secondary N) is 1. The van der Waals surface area contributed by atoms with Crippen LogP contribution in [0.1, 0.15) is 49.1 Å². The fraction of sp³-hybridized carbons (Fsp3) is 0.550. The third-order valence-electron chi connectivity index (χ3n) is 4.84. The molecule has 1 aromatic heterocycles. The zero-order valence-corrected chi connectivity index (χ0v) is 16.1. The van der Waals surface area contributed by atoms with E-state index in [4.69, 9.17) is 4.74 Å². The van der Waals surface area contributed by atoms with E-state index in [1.54, 1.807) is 23.5 Å². The van der Waals surface area contributed by atoms with Gasteiger partial charge in [-0.2, -0.15) is 0 Å². The molecule has 0 amide bonds. The molecule has 3 rings (SSSR count). The summed E-state index contributed by atoms with van der Waals surface area (Å²) in [5.41, 5.74) is 1.10. The first-order valence-electron chi connectivity index (χ1n) is 8.89. The molecule has 0 radical (unpaired) electrons. The van der Waals surface area contributed by atoms with Gasteiger partial charge in [-0.3, -0.25) is 0 Å². The fourth-order valence-corrected chi connectivity index (χ4v) is 4.25. The number of halogens is 1. The molecule has 1 N–H and O–H groups in total. The Morgan fingerprint density at radius 2 is 2.04 bits per heavy atom. The van der Waals surface area contributed by atoms with Crippen LogP contribution in [0, 0.1) is 5.82 Å². The van der Waals surface area contributed by atoms with Crippen molar-refractivity contribution in [3.63, 3.8) is 0 Å². The normalized spacial score (nSPS) is 17.6. The topological polar surface area (TPSA) is 34.2 Å². The molecule has 0 unspecified atom stereocenters. The van der Waals surface area contributed by atoms with E-state index >= 15 is 0 Å². The molecule has 3 nitrogen and oxygen atoms in total. The van der Waals surface area contributed by atoms with Gasteiger partial charge in [0.05, 0.1) is 5.01 Å². The van der Waals surface area contributed by atoms with Crippen molar-refractivity contribution in [2.45, 2.75) is 51.0 Å². The van der Waals surface area contributed by atoms with E-state index < -0.39 is 0 Å². The Hall–Kier alpha value is -1.30. The average Bonchev–Trinajstić information content (AvgIpc) is 3.05. The highest BCUT2D eigenvalue weighted by atomic mass is 32.1. The maximum atomic E-state index is 13.7. The van der Waals surface area contributed by atoms with Crippen LogP contribution >= 0.6 is 11.3 Å². The van der Waals surface area contributed by atoms with Gasteiger partial charge in [0.25, 0.3) is 0 Å². The van der Waals surface area contributed by atoms with Crippen LogP contribution in [-0.4, -0.2) is 24.7 Å². The van der Waals surface area contributed by atoms with Crippen molar-refractivity contribution in [1.29, 1.82) is 0 Å². The Balaban J connectivity index is 1.68. The van der Waals surface area contributed by atoms with Crippen LogP contribution in [0.25, 0.3) is 0 Å². The van der Waals surface area contributed by atoms with Gasteiger partial charge in [-0.15, -0.1) is 11.3 Å². The number of hydrogen-bond acceptors (Lipinski definition) is 4. The molecule has 1 aliphatic rings. The molecule has 0 bridgehead atoms. The van der Waals surface area contributed by atoms with Crippen molar-refractivity contribution >= 4 is 11.3 Å². The van der Waals surface area contributed by atoms with Crippen molar-refractivity contribution in [3.05, 3.63) is 51.7 Å². The summed E-state index contributed by atoms with van der Waals surface area (Å²) in [5, 5.41) is 4.75. The highest BCUT2D eigenvalue weighted by Gasteiger charge is 2.34. The third kappa shape index (κ3) is 4.46. The lowest BCUT2D eigenvalue weighted by atomic mass is 9.74. The van der Waals surface area contributed by atoms with E-state index in [9.17, 15) is 4.39 Å². The molecule has 1 fully saturated rings. The Morgan fingerprint density at radius 1 is 1.28 bits per heavy atom. The van der Waals surface area contributed by atoms with E-state index in [0.717, 1.165) is 49.7 Å². The number of rotatable bonds is 5. The fourth-order valence-electron chi connectivity index (χ4n) is 3.31. The first kappa shape index (κ1) is 18.5. The van der Waals surface area contributed by atoms with Crippen LogP contribution in [0.15, 0.2) is 30.5 Å². The molecule has 2 heterocycles. The molecule has 5 heteroatoms. The van der Waals surface area contributed by atoms with Crippen LogP contribution in [0.5, 0.6) is 0 Å². The summed E-state index contributed by atoms with van der Waals surface area (Å²) in [6.07, 6.45) is 3.80. The van der Waals surface area contributed by atoms with E-state index in [1.165, 1.54) is 10.9 Å². The summed E-state index contributed by atoms with van der Waals surface area (Å²) in [4.78, 5) is 5.79. The molecular formula is C20H27FN2OS. The quantitative estimate of drug-likeness (QED) is 0.855. The van der Waals surface area contributed by atoms with Gasteiger partial charge in [0.2, 0.25) is 0 Å². The first-order chi connectivity index (χ1) is 11.9. The molecular weight excluding hydrogens is 335 g/mol. The number of ether oxygens (including phenoxy) is 1. The third-order valence-corrected chi connectivity index (χ3v) is 6.27. The van der Waals surface area contributed by atoms with E-state index in [-0.39, 0.29) is 16.6 Å². The second kappa shape index (κ2) is 7.52. The summed E-state index contributed by atoms with van der Waals surface area (Å²) >= 11 is 1.77. The highest BCUT2D eigenvalue weighted by Crippen LogP contribution is 2.35. The minimum absolute atomic E-state index is 0.0576. The van der Waals surface area contributed by atoms with Gasteiger partial charge in [0.1, 0.15) is 5.82 Å². The first-order valence-corrected chi connectivity index (χ1v) is 9.70. The molecule has 1 saturated heterocycles. The number of hydrogen-bond donors (Lipinski definition) is 1. The Kier molecular flexibility index (Phi) is 5.56. The lowest BCUT2D eigenvalue weighted by molar-refractivity contribution is 0.0497. The molecule has 1 aromatic carbocycles. The van der Waals surface area contributed by atoms with Gasteiger partial charge in [-0.1, -0.05) is 32.9 Å². The minimum atomic E-state index is -0.166. The smallest absolute Gasteiger partial charge is 0.123 e. The molecule has 25 heavy (non-hydrogen) atoms. The van der Waals surface area contributed by atoms with Gasteiger partial charge in [-0.25, -0.2) is 9.37 Å². The summed E-state index contributed by atoms with van der Waals surface area (Å²) in [6, 6.07) is 7.04. The number of benzene rings is 1. The average molecular weight is 363 g/mol. The Bertz CT molecular complexity index is 702. The summed E-state index contributed by atoms with van der Waals surface area (Å²) in [7, 11) is 0. The molecule has 0 aliphatic carbocycles. The van der Waals surface area contributed by atoms with Crippen LogP contribution in [-0.2, 0) is 22.1 Å². The largest absolute Gasteiger partial charge is 0.381 e. The van der Waals surface area contributed by atoms with Crippen LogP contribution < -0.4 is 5.32 Å². The van der Waals surface area contributed by atoms with Crippen LogP contribution in [0.2, 0.25) is 0 Å². The SMILES string of the molecule is CC(C)(C)c1ncc(CNCC2(c3cccc(F)c3)CCOCC2)s1. The molecule has 2 aromatic rings. The standard InChI is InChI=1S/C20H27FN2OS/c1-19(2,3)18-23-13-17(25-18)12-22-14-20(7-9-24-10-8-20)15-5-4-6-16(21)11-15/h4-6,11,13,22H,7-10,12,14H2,1-3H3. The van der Waals surface area contributed by atoms with Crippen molar-refractivity contribution in [2.75, 3.05) is 19.8 Å².